The van der Waals surface area contributed by atoms with Crippen LogP contribution in [0.2, 0.25) is 0 Å². The van der Waals surface area contributed by atoms with Crippen molar-refractivity contribution in [3.05, 3.63) is 28.7 Å². The zero-order chi connectivity index (χ0) is 12.9. The normalized spacial score (nSPS) is 15.9. The molecule has 0 fully saturated rings. The van der Waals surface area contributed by atoms with Gasteiger partial charge in [0.2, 0.25) is 0 Å². The van der Waals surface area contributed by atoms with Gasteiger partial charge in [0.15, 0.2) is 0 Å². The zero-order valence-electron chi connectivity index (χ0n) is 10.3. The summed E-state index contributed by atoms with van der Waals surface area (Å²) in [5.74, 6) is 0. The monoisotopic (exact) mass is 312 g/mol. The van der Waals surface area contributed by atoms with Crippen LogP contribution in [0.5, 0.6) is 0 Å². The van der Waals surface area contributed by atoms with E-state index in [1.807, 2.05) is 26.1 Å². The molecule has 0 saturated carbocycles. The van der Waals surface area contributed by atoms with Gasteiger partial charge in [0, 0.05) is 14.6 Å². The Morgan fingerprint density at radius 3 is 2.53 bits per heavy atom. The van der Waals surface area contributed by atoms with Gasteiger partial charge in [0.25, 0.3) is 0 Å². The van der Waals surface area contributed by atoms with E-state index in [1.165, 1.54) is 4.90 Å². The quantitative estimate of drug-likeness (QED) is 0.840. The van der Waals surface area contributed by atoms with E-state index >= 15 is 0 Å². The first-order valence-corrected chi connectivity index (χ1v) is 7.19. The van der Waals surface area contributed by atoms with Gasteiger partial charge in [0.05, 0.1) is 6.07 Å². The number of benzene rings is 1. The van der Waals surface area contributed by atoms with Crippen molar-refractivity contribution in [1.29, 1.82) is 5.26 Å². The summed E-state index contributed by atoms with van der Waals surface area (Å²) in [6.45, 7) is 4.09. The molecule has 2 atom stereocenters. The summed E-state index contributed by atoms with van der Waals surface area (Å²) in [5.41, 5.74) is -0.443. The fourth-order valence-corrected chi connectivity index (χ4v) is 3.00. The Labute approximate surface area is 116 Å². The van der Waals surface area contributed by atoms with Gasteiger partial charge in [-0.25, -0.2) is 0 Å². The average Bonchev–Trinajstić information content (AvgIpc) is 2.32. The molecule has 0 saturated heterocycles. The predicted octanol–water partition coefficient (Wildman–Crippen LogP) is 3.82. The molecular weight excluding hydrogens is 296 g/mol. The minimum absolute atomic E-state index is 0.397. The van der Waals surface area contributed by atoms with E-state index in [0.29, 0.717) is 5.25 Å². The molecule has 2 unspecified atom stereocenters. The Bertz CT molecular complexity index is 399. The van der Waals surface area contributed by atoms with Crippen LogP contribution < -0.4 is 5.32 Å². The molecule has 1 N–H and O–H groups in total. The molecule has 92 valence electrons. The molecule has 1 aromatic carbocycles. The van der Waals surface area contributed by atoms with E-state index in [1.54, 1.807) is 11.8 Å². The fourth-order valence-electron chi connectivity index (χ4n) is 1.57. The molecule has 0 aliphatic heterocycles. The van der Waals surface area contributed by atoms with Crippen molar-refractivity contribution in [2.24, 2.45) is 0 Å². The van der Waals surface area contributed by atoms with Gasteiger partial charge >= 0.3 is 0 Å². The molecule has 0 aliphatic rings. The van der Waals surface area contributed by atoms with Gasteiger partial charge in [-0.3, -0.25) is 0 Å². The van der Waals surface area contributed by atoms with Crippen LogP contribution in [0, 0.1) is 11.3 Å². The lowest BCUT2D eigenvalue weighted by Gasteiger charge is -2.24. The fraction of sp³-hybridized carbons (Fsp3) is 0.462. The third kappa shape index (κ3) is 4.71. The molecule has 1 aromatic rings. The largest absolute Gasteiger partial charge is 0.303 e. The Kier molecular flexibility index (Phi) is 5.51. The Morgan fingerprint density at radius 2 is 2.06 bits per heavy atom. The van der Waals surface area contributed by atoms with Crippen LogP contribution in [0.4, 0.5) is 0 Å². The van der Waals surface area contributed by atoms with Gasteiger partial charge < -0.3 is 5.32 Å². The molecule has 1 rings (SSSR count). The number of hydrogen-bond donors (Lipinski definition) is 1. The van der Waals surface area contributed by atoms with E-state index in [2.05, 4.69) is 46.4 Å². The first kappa shape index (κ1) is 14.6. The Hall–Kier alpha value is -0.500. The second-order valence-electron chi connectivity index (χ2n) is 4.28. The molecule has 4 heteroatoms. The smallest absolute Gasteiger partial charge is 0.104 e. The number of rotatable bonds is 5. The third-order valence-corrected chi connectivity index (χ3v) is 4.29. The second-order valence-corrected chi connectivity index (χ2v) is 6.71. The van der Waals surface area contributed by atoms with Crippen molar-refractivity contribution in [3.8, 4) is 6.07 Å². The molecule has 0 aliphatic carbocycles. The van der Waals surface area contributed by atoms with Gasteiger partial charge in [-0.05, 0) is 44.7 Å². The maximum Gasteiger partial charge on any atom is 0.104 e. The summed E-state index contributed by atoms with van der Waals surface area (Å²) < 4.78 is 1.09. The lowest BCUT2D eigenvalue weighted by molar-refractivity contribution is 0.455. The van der Waals surface area contributed by atoms with Crippen LogP contribution in [0.25, 0.3) is 0 Å². The van der Waals surface area contributed by atoms with Gasteiger partial charge in [-0.15, -0.1) is 11.8 Å². The molecule has 17 heavy (non-hydrogen) atoms. The van der Waals surface area contributed by atoms with Gasteiger partial charge in [-0.2, -0.15) is 5.26 Å². The summed E-state index contributed by atoms with van der Waals surface area (Å²) in [7, 11) is 1.83. The highest BCUT2D eigenvalue weighted by Gasteiger charge is 2.24. The van der Waals surface area contributed by atoms with E-state index in [0.717, 1.165) is 10.9 Å². The highest BCUT2D eigenvalue weighted by Crippen LogP contribution is 2.29. The van der Waals surface area contributed by atoms with Crippen LogP contribution >= 0.6 is 27.7 Å². The first-order chi connectivity index (χ1) is 7.99. The van der Waals surface area contributed by atoms with Crippen LogP contribution in [0.15, 0.2) is 33.6 Å². The predicted molar refractivity (Wildman–Crippen MR) is 77.2 cm³/mol. The zero-order valence-corrected chi connectivity index (χ0v) is 12.7. The summed E-state index contributed by atoms with van der Waals surface area (Å²) in [6, 6.07) is 10.6. The van der Waals surface area contributed by atoms with Crippen molar-refractivity contribution in [3.63, 3.8) is 0 Å². The van der Waals surface area contributed by atoms with Crippen molar-refractivity contribution in [1.82, 2.24) is 5.32 Å². The lowest BCUT2D eigenvalue weighted by atomic mass is 9.98. The molecule has 0 heterocycles. The highest BCUT2D eigenvalue weighted by atomic mass is 79.9. The van der Waals surface area contributed by atoms with E-state index < -0.39 is 5.54 Å². The summed E-state index contributed by atoms with van der Waals surface area (Å²) in [5, 5.41) is 12.6. The molecular formula is C13H17BrN2S. The van der Waals surface area contributed by atoms with Gasteiger partial charge in [0.1, 0.15) is 5.54 Å². The number of thioether (sulfide) groups is 1. The topological polar surface area (TPSA) is 35.8 Å². The van der Waals surface area contributed by atoms with Crippen LogP contribution in [0.1, 0.15) is 20.3 Å². The number of hydrogen-bond acceptors (Lipinski definition) is 3. The summed E-state index contributed by atoms with van der Waals surface area (Å²) in [4.78, 5) is 1.23. The molecule has 0 aromatic heterocycles. The Balaban J connectivity index is 2.58. The SMILES string of the molecule is CNC(C)(C#N)CC(C)Sc1ccc(Br)cc1. The van der Waals surface area contributed by atoms with E-state index in [9.17, 15) is 0 Å². The second kappa shape index (κ2) is 6.44. The van der Waals surface area contributed by atoms with Crippen LogP contribution in [0.3, 0.4) is 0 Å². The molecule has 0 bridgehead atoms. The van der Waals surface area contributed by atoms with Crippen LogP contribution in [-0.2, 0) is 0 Å². The van der Waals surface area contributed by atoms with E-state index in [-0.39, 0.29) is 0 Å². The van der Waals surface area contributed by atoms with Crippen molar-refractivity contribution < 1.29 is 0 Å². The Morgan fingerprint density at radius 1 is 1.47 bits per heavy atom. The lowest BCUT2D eigenvalue weighted by Crippen LogP contribution is -2.40. The number of nitrogens with zero attached hydrogens (tertiary/aromatic N) is 1. The standard InChI is InChI=1S/C13H17BrN2S/c1-10(8-13(2,9-15)16-3)17-12-6-4-11(14)5-7-12/h4-7,10,16H,8H2,1-3H3. The van der Waals surface area contributed by atoms with Crippen molar-refractivity contribution >= 4 is 27.7 Å². The number of nitrogens with one attached hydrogen (secondary N) is 1. The number of nitriles is 1. The van der Waals surface area contributed by atoms with E-state index in [4.69, 9.17) is 5.26 Å². The summed E-state index contributed by atoms with van der Waals surface area (Å²) in [6.07, 6.45) is 0.820. The number of halogens is 1. The third-order valence-electron chi connectivity index (χ3n) is 2.65. The van der Waals surface area contributed by atoms with Crippen molar-refractivity contribution in [2.75, 3.05) is 7.05 Å². The molecule has 0 spiro atoms. The average molecular weight is 313 g/mol. The minimum Gasteiger partial charge on any atom is -0.303 e. The molecule has 0 radical (unpaired) electrons. The molecule has 2 nitrogen and oxygen atoms in total. The summed E-state index contributed by atoms with van der Waals surface area (Å²) >= 11 is 5.22. The maximum absolute atomic E-state index is 9.11. The maximum atomic E-state index is 9.11. The highest BCUT2D eigenvalue weighted by molar-refractivity contribution is 9.10. The van der Waals surface area contributed by atoms with Crippen LogP contribution in [-0.4, -0.2) is 17.8 Å². The first-order valence-electron chi connectivity index (χ1n) is 5.51. The van der Waals surface area contributed by atoms with Gasteiger partial charge in [-0.1, -0.05) is 22.9 Å². The minimum atomic E-state index is -0.443. The van der Waals surface area contributed by atoms with Crippen molar-refractivity contribution in [2.45, 2.75) is 36.0 Å². The molecule has 0 amide bonds.